The Morgan fingerprint density at radius 1 is 0.270 bits per heavy atom. The highest BCUT2D eigenvalue weighted by Gasteiger charge is 2.17. The summed E-state index contributed by atoms with van der Waals surface area (Å²) in [5.41, 5.74) is 17.9. The molecule has 12 rings (SSSR count). The quantitative estimate of drug-likeness (QED) is 0.153. The van der Waals surface area contributed by atoms with Crippen LogP contribution in [0.2, 0.25) is 0 Å². The van der Waals surface area contributed by atoms with Crippen LogP contribution in [0.1, 0.15) is 0 Å². The number of para-hydroxylation sites is 3. The van der Waals surface area contributed by atoms with Crippen LogP contribution in [0.5, 0.6) is 0 Å². The molecule has 10 aromatic carbocycles. The molecule has 3 heteroatoms. The monoisotopic (exact) mass is 804 g/mol. The Morgan fingerprint density at radius 2 is 0.714 bits per heavy atom. The topological polar surface area (TPSA) is 21.3 Å². The Kier molecular flexibility index (Phi) is 8.83. The second-order valence-corrected chi connectivity index (χ2v) is 16.2. The number of hydrogen-bond acceptors (Lipinski definition) is 2. The van der Waals surface area contributed by atoms with Crippen molar-refractivity contribution in [3.8, 4) is 50.2 Å². The third kappa shape index (κ3) is 6.55. The van der Waals surface area contributed by atoms with Gasteiger partial charge in [0.15, 0.2) is 0 Å². The minimum absolute atomic E-state index is 0.902. The third-order valence-corrected chi connectivity index (χ3v) is 12.4. The normalized spacial score (nSPS) is 11.5. The van der Waals surface area contributed by atoms with Gasteiger partial charge in [-0.2, -0.15) is 0 Å². The van der Waals surface area contributed by atoms with Crippen LogP contribution in [0.25, 0.3) is 93.9 Å². The Labute approximate surface area is 366 Å². The molecule has 0 N–H and O–H groups in total. The molecule has 0 saturated heterocycles. The van der Waals surface area contributed by atoms with Crippen molar-refractivity contribution in [2.45, 2.75) is 0 Å². The summed E-state index contributed by atoms with van der Waals surface area (Å²) in [5.74, 6) is 0. The minimum Gasteiger partial charge on any atom is -0.456 e. The molecular weight excluding hydrogens is 765 g/mol. The maximum atomic E-state index is 6.25. The van der Waals surface area contributed by atoms with Crippen molar-refractivity contribution in [1.29, 1.82) is 0 Å². The number of rotatable bonds is 8. The summed E-state index contributed by atoms with van der Waals surface area (Å²) in [4.78, 5) is 2.37. The second-order valence-electron chi connectivity index (χ2n) is 16.2. The number of nitrogens with zero attached hydrogens (tertiary/aromatic N) is 2. The van der Waals surface area contributed by atoms with Crippen LogP contribution in [0.4, 0.5) is 17.1 Å². The fourth-order valence-corrected chi connectivity index (χ4v) is 9.32. The SMILES string of the molecule is c1ccc(-c2cccc(-c3ccc(N(c4ccc(-c5cccc(-c6ccc7c(c6)oc6ccccc67)c5)cc4)c4cccc(-n5c6ccccc6c6ccccc65)c4)cc3)c2)cc1. The first kappa shape index (κ1) is 36.5. The Bertz CT molecular complexity index is 3560. The van der Waals surface area contributed by atoms with Gasteiger partial charge in [0.1, 0.15) is 11.2 Å². The summed E-state index contributed by atoms with van der Waals surface area (Å²) < 4.78 is 8.63. The standard InChI is InChI=1S/C60H40N2O/c1-2-13-41(14-3-1)44-15-10-16-45(37-44)42-27-32-49(33-28-42)61(51-19-12-20-52(40-51)62-57-24-7-4-21-53(57)54-22-5-8-25-58(54)62)50-34-29-43(30-35-50)46-17-11-18-47(38-46)48-31-36-56-55-23-6-9-26-59(55)63-60(56)39-48/h1-40H. The van der Waals surface area contributed by atoms with E-state index in [2.05, 4.69) is 240 Å². The van der Waals surface area contributed by atoms with Crippen LogP contribution in [-0.2, 0) is 0 Å². The average Bonchev–Trinajstić information content (AvgIpc) is 3.91. The highest BCUT2D eigenvalue weighted by Crippen LogP contribution is 2.40. The fraction of sp³-hybridized carbons (Fsp3) is 0. The first-order chi connectivity index (χ1) is 31.2. The zero-order valence-corrected chi connectivity index (χ0v) is 34.4. The van der Waals surface area contributed by atoms with Gasteiger partial charge in [-0.3, -0.25) is 0 Å². The van der Waals surface area contributed by atoms with Crippen molar-refractivity contribution in [1.82, 2.24) is 4.57 Å². The van der Waals surface area contributed by atoms with E-state index in [0.29, 0.717) is 0 Å². The summed E-state index contributed by atoms with van der Waals surface area (Å²) in [6, 6.07) is 87.2. The number of benzene rings is 10. The molecule has 0 spiro atoms. The lowest BCUT2D eigenvalue weighted by Crippen LogP contribution is -2.10. The molecule has 0 radical (unpaired) electrons. The van der Waals surface area contributed by atoms with Crippen molar-refractivity contribution in [3.63, 3.8) is 0 Å². The van der Waals surface area contributed by atoms with Crippen LogP contribution in [0.15, 0.2) is 247 Å². The first-order valence-electron chi connectivity index (χ1n) is 21.5. The molecule has 63 heavy (non-hydrogen) atoms. The number of aromatic nitrogens is 1. The van der Waals surface area contributed by atoms with Gasteiger partial charge in [0.05, 0.1) is 11.0 Å². The van der Waals surface area contributed by atoms with E-state index in [1.165, 1.54) is 44.1 Å². The van der Waals surface area contributed by atoms with Gasteiger partial charge in [-0.1, -0.05) is 158 Å². The summed E-state index contributed by atoms with van der Waals surface area (Å²) in [6.45, 7) is 0. The van der Waals surface area contributed by atoms with E-state index >= 15 is 0 Å². The largest absolute Gasteiger partial charge is 0.456 e. The number of furan rings is 1. The van der Waals surface area contributed by atoms with Gasteiger partial charge in [0.25, 0.3) is 0 Å². The van der Waals surface area contributed by atoms with Crippen molar-refractivity contribution in [2.75, 3.05) is 4.90 Å². The van der Waals surface area contributed by atoms with E-state index in [9.17, 15) is 0 Å². The molecule has 0 amide bonds. The van der Waals surface area contributed by atoms with Crippen molar-refractivity contribution in [3.05, 3.63) is 243 Å². The maximum absolute atomic E-state index is 6.25. The summed E-state index contributed by atoms with van der Waals surface area (Å²) >= 11 is 0. The molecule has 0 saturated carbocycles. The molecule has 0 fully saturated rings. The first-order valence-corrected chi connectivity index (χ1v) is 21.5. The van der Waals surface area contributed by atoms with E-state index in [1.54, 1.807) is 0 Å². The molecule has 0 atom stereocenters. The van der Waals surface area contributed by atoms with E-state index in [4.69, 9.17) is 4.42 Å². The number of anilines is 3. The Hall–Kier alpha value is -8.40. The Morgan fingerprint density at radius 3 is 1.33 bits per heavy atom. The van der Waals surface area contributed by atoms with Gasteiger partial charge >= 0.3 is 0 Å². The molecule has 3 nitrogen and oxygen atoms in total. The minimum atomic E-state index is 0.902. The van der Waals surface area contributed by atoms with Crippen LogP contribution in [0, 0.1) is 0 Å². The highest BCUT2D eigenvalue weighted by atomic mass is 16.3. The fourth-order valence-electron chi connectivity index (χ4n) is 9.32. The van der Waals surface area contributed by atoms with E-state index in [-0.39, 0.29) is 0 Å². The molecule has 0 unspecified atom stereocenters. The maximum Gasteiger partial charge on any atom is 0.136 e. The predicted octanol–water partition coefficient (Wildman–Crippen LogP) is 16.8. The lowest BCUT2D eigenvalue weighted by atomic mass is 9.98. The van der Waals surface area contributed by atoms with Crippen LogP contribution >= 0.6 is 0 Å². The van der Waals surface area contributed by atoms with Gasteiger partial charge in [-0.05, 0) is 129 Å². The number of hydrogen-bond donors (Lipinski definition) is 0. The number of fused-ring (bicyclic) bond motifs is 6. The third-order valence-electron chi connectivity index (χ3n) is 12.4. The van der Waals surface area contributed by atoms with Gasteiger partial charge in [0.2, 0.25) is 0 Å². The van der Waals surface area contributed by atoms with Crippen molar-refractivity contribution < 1.29 is 4.42 Å². The molecule has 0 bridgehead atoms. The summed E-state index contributed by atoms with van der Waals surface area (Å²) in [5, 5.41) is 4.78. The van der Waals surface area contributed by atoms with Gasteiger partial charge < -0.3 is 13.9 Å². The molecule has 296 valence electrons. The van der Waals surface area contributed by atoms with Crippen LogP contribution in [-0.4, -0.2) is 4.57 Å². The van der Waals surface area contributed by atoms with Crippen molar-refractivity contribution in [2.24, 2.45) is 0 Å². The smallest absolute Gasteiger partial charge is 0.136 e. The zero-order valence-electron chi connectivity index (χ0n) is 34.4. The summed E-state index contributed by atoms with van der Waals surface area (Å²) in [7, 11) is 0. The second kappa shape index (κ2) is 15.3. The van der Waals surface area contributed by atoms with Gasteiger partial charge in [-0.15, -0.1) is 0 Å². The lowest BCUT2D eigenvalue weighted by molar-refractivity contribution is 0.669. The molecular formula is C60H40N2O. The molecule has 0 aliphatic carbocycles. The molecule has 2 heterocycles. The lowest BCUT2D eigenvalue weighted by Gasteiger charge is -2.26. The van der Waals surface area contributed by atoms with E-state index in [0.717, 1.165) is 66.9 Å². The predicted molar refractivity (Wildman–Crippen MR) is 264 cm³/mol. The van der Waals surface area contributed by atoms with E-state index < -0.39 is 0 Å². The van der Waals surface area contributed by atoms with Crippen LogP contribution < -0.4 is 4.90 Å². The van der Waals surface area contributed by atoms with Gasteiger partial charge in [0, 0.05) is 44.3 Å². The van der Waals surface area contributed by atoms with Gasteiger partial charge in [-0.25, -0.2) is 0 Å². The molecule has 0 aliphatic rings. The Balaban J connectivity index is 0.931. The average molecular weight is 805 g/mol. The van der Waals surface area contributed by atoms with Crippen LogP contribution in [0.3, 0.4) is 0 Å². The molecule has 0 aliphatic heterocycles. The molecule has 2 aromatic heterocycles. The highest BCUT2D eigenvalue weighted by molar-refractivity contribution is 6.09. The molecule has 12 aromatic rings. The summed E-state index contributed by atoms with van der Waals surface area (Å²) in [6.07, 6.45) is 0. The van der Waals surface area contributed by atoms with E-state index in [1.807, 2.05) is 12.1 Å². The zero-order chi connectivity index (χ0) is 41.7. The van der Waals surface area contributed by atoms with Crippen molar-refractivity contribution >= 4 is 60.8 Å².